The van der Waals surface area contributed by atoms with Gasteiger partial charge in [-0.3, -0.25) is 14.2 Å². The summed E-state index contributed by atoms with van der Waals surface area (Å²) in [6, 6.07) is 16.1. The van der Waals surface area contributed by atoms with Gasteiger partial charge in [0, 0.05) is 24.9 Å². The molecule has 0 spiro atoms. The number of tetrazole rings is 1. The van der Waals surface area contributed by atoms with Gasteiger partial charge in [-0.15, -0.1) is 10.2 Å². The highest BCUT2D eigenvalue weighted by Gasteiger charge is 2.25. The van der Waals surface area contributed by atoms with Crippen molar-refractivity contribution >= 4 is 5.91 Å². The van der Waals surface area contributed by atoms with Crippen molar-refractivity contribution in [2.24, 2.45) is 0 Å². The number of aromatic nitrogens is 6. The minimum absolute atomic E-state index is 0.0656. The van der Waals surface area contributed by atoms with E-state index < -0.39 is 0 Å². The number of aromatic amines is 1. The maximum atomic E-state index is 13.7. The Morgan fingerprint density at radius 2 is 1.92 bits per heavy atom. The van der Waals surface area contributed by atoms with Crippen LogP contribution in [0.1, 0.15) is 42.4 Å². The molecule has 4 aromatic rings. The van der Waals surface area contributed by atoms with Crippen molar-refractivity contribution in [1.82, 2.24) is 35.1 Å². The number of carbonyl (C=O) groups is 1. The molecule has 2 aromatic carbocycles. The van der Waals surface area contributed by atoms with Gasteiger partial charge in [0.2, 0.25) is 11.7 Å². The number of benzene rings is 2. The fourth-order valence-corrected chi connectivity index (χ4v) is 4.75. The minimum Gasteiger partial charge on any atom is -0.334 e. The first kappa shape index (κ1) is 24.3. The molecule has 0 aliphatic carbocycles. The quantitative estimate of drug-likeness (QED) is 0.375. The van der Waals surface area contributed by atoms with E-state index in [9.17, 15) is 9.59 Å². The third kappa shape index (κ3) is 4.97. The van der Waals surface area contributed by atoms with Crippen LogP contribution in [0.5, 0.6) is 0 Å². The number of nitrogens with one attached hydrogen (secondary N) is 1. The molecule has 1 aliphatic heterocycles. The summed E-state index contributed by atoms with van der Waals surface area (Å²) in [6.07, 6.45) is 4.59. The van der Waals surface area contributed by atoms with Gasteiger partial charge in [0.05, 0.1) is 24.3 Å². The molecule has 0 unspecified atom stereocenters. The fraction of sp³-hybridized carbons (Fsp3) is 0.286. The second-order valence-corrected chi connectivity index (χ2v) is 9.14. The van der Waals surface area contributed by atoms with Crippen LogP contribution in [-0.4, -0.2) is 47.5 Å². The molecule has 9 nitrogen and oxygen atoms in total. The second kappa shape index (κ2) is 10.7. The van der Waals surface area contributed by atoms with Gasteiger partial charge < -0.3 is 4.90 Å². The van der Waals surface area contributed by atoms with E-state index in [2.05, 4.69) is 34.1 Å². The summed E-state index contributed by atoms with van der Waals surface area (Å²) in [4.78, 5) is 32.4. The molecule has 2 aromatic heterocycles. The van der Waals surface area contributed by atoms with Crippen LogP contribution in [0, 0.1) is 0 Å². The fourth-order valence-electron chi connectivity index (χ4n) is 4.75. The Morgan fingerprint density at radius 1 is 1.14 bits per heavy atom. The highest BCUT2D eigenvalue weighted by atomic mass is 16.2. The minimum atomic E-state index is -0.164. The molecule has 1 aliphatic rings. The number of unbranched alkanes of at least 4 members (excludes halogenated alkanes) is 1. The van der Waals surface area contributed by atoms with Gasteiger partial charge in [-0.2, -0.15) is 5.21 Å². The molecule has 9 heteroatoms. The van der Waals surface area contributed by atoms with E-state index in [1.54, 1.807) is 9.47 Å². The van der Waals surface area contributed by atoms with Crippen molar-refractivity contribution < 1.29 is 4.79 Å². The number of carbonyl (C=O) groups excluding carboxylic acids is 1. The second-order valence-electron chi connectivity index (χ2n) is 9.14. The van der Waals surface area contributed by atoms with Crippen LogP contribution >= 0.6 is 0 Å². The van der Waals surface area contributed by atoms with Crippen molar-refractivity contribution in [3.05, 3.63) is 94.2 Å². The van der Waals surface area contributed by atoms with E-state index >= 15 is 0 Å². The van der Waals surface area contributed by atoms with Crippen LogP contribution < -0.4 is 5.56 Å². The number of nitrogens with zero attached hydrogens (tertiary/aromatic N) is 6. The van der Waals surface area contributed by atoms with E-state index in [4.69, 9.17) is 4.98 Å². The summed E-state index contributed by atoms with van der Waals surface area (Å²) >= 11 is 0. The number of hydrogen-bond donors (Lipinski definition) is 1. The van der Waals surface area contributed by atoms with E-state index in [-0.39, 0.29) is 18.0 Å². The Morgan fingerprint density at radius 3 is 2.62 bits per heavy atom. The Bertz CT molecular complexity index is 1470. The van der Waals surface area contributed by atoms with Crippen molar-refractivity contribution in [3.8, 4) is 22.5 Å². The van der Waals surface area contributed by atoms with E-state index in [0.29, 0.717) is 30.9 Å². The SMILES string of the molecule is C=CC(=O)N1CCc2nc(CCCC)n(Cc3ccc(-c4ccccc4-c4nn[nH]n4)cc3)c(=O)c2C1. The highest BCUT2D eigenvalue weighted by Crippen LogP contribution is 2.30. The molecule has 0 saturated carbocycles. The van der Waals surface area contributed by atoms with Crippen molar-refractivity contribution in [1.29, 1.82) is 0 Å². The third-order valence-electron chi connectivity index (χ3n) is 6.75. The van der Waals surface area contributed by atoms with Crippen LogP contribution in [0.4, 0.5) is 0 Å². The Kier molecular flexibility index (Phi) is 7.02. The smallest absolute Gasteiger partial charge is 0.259 e. The summed E-state index contributed by atoms with van der Waals surface area (Å²) < 4.78 is 1.78. The average Bonchev–Trinajstić information content (AvgIpc) is 3.48. The van der Waals surface area contributed by atoms with Crippen LogP contribution in [-0.2, 0) is 30.7 Å². The molecule has 3 heterocycles. The number of fused-ring (bicyclic) bond motifs is 1. The number of aryl methyl sites for hydroxylation is 1. The molecule has 1 amide bonds. The first-order valence-electron chi connectivity index (χ1n) is 12.5. The summed E-state index contributed by atoms with van der Waals surface area (Å²) in [7, 11) is 0. The molecule has 5 rings (SSSR count). The van der Waals surface area contributed by atoms with Gasteiger partial charge >= 0.3 is 0 Å². The predicted molar refractivity (Wildman–Crippen MR) is 141 cm³/mol. The van der Waals surface area contributed by atoms with E-state index in [0.717, 1.165) is 53.0 Å². The summed E-state index contributed by atoms with van der Waals surface area (Å²) in [5.74, 6) is 1.18. The first-order valence-corrected chi connectivity index (χ1v) is 12.5. The number of hydrogen-bond acceptors (Lipinski definition) is 6. The monoisotopic (exact) mass is 495 g/mol. The molecule has 0 radical (unpaired) electrons. The topological polar surface area (TPSA) is 110 Å². The zero-order valence-electron chi connectivity index (χ0n) is 20.9. The molecular weight excluding hydrogens is 466 g/mol. The lowest BCUT2D eigenvalue weighted by Gasteiger charge is -2.28. The van der Waals surface area contributed by atoms with Crippen molar-refractivity contribution in [2.75, 3.05) is 6.54 Å². The maximum absolute atomic E-state index is 13.7. The summed E-state index contributed by atoms with van der Waals surface area (Å²) in [5.41, 5.74) is 5.26. The first-order chi connectivity index (χ1) is 18.1. The van der Waals surface area contributed by atoms with Crippen LogP contribution in [0.25, 0.3) is 22.5 Å². The molecule has 1 N–H and O–H groups in total. The zero-order valence-corrected chi connectivity index (χ0v) is 20.9. The highest BCUT2D eigenvalue weighted by molar-refractivity contribution is 5.87. The number of rotatable bonds is 8. The Labute approximate surface area is 214 Å². The molecule has 0 atom stereocenters. The van der Waals surface area contributed by atoms with Crippen molar-refractivity contribution in [3.63, 3.8) is 0 Å². The van der Waals surface area contributed by atoms with Crippen LogP contribution in [0.3, 0.4) is 0 Å². The predicted octanol–water partition coefficient (Wildman–Crippen LogP) is 3.55. The molecular formula is C28H29N7O2. The lowest BCUT2D eigenvalue weighted by atomic mass is 9.98. The van der Waals surface area contributed by atoms with Gasteiger partial charge in [0.25, 0.3) is 5.56 Å². The van der Waals surface area contributed by atoms with Gasteiger partial charge in [-0.25, -0.2) is 4.98 Å². The average molecular weight is 496 g/mol. The Balaban J connectivity index is 1.47. The Hall–Kier alpha value is -4.40. The molecule has 188 valence electrons. The number of H-pyrrole nitrogens is 1. The van der Waals surface area contributed by atoms with Crippen LogP contribution in [0.15, 0.2) is 66.0 Å². The maximum Gasteiger partial charge on any atom is 0.259 e. The summed E-state index contributed by atoms with van der Waals surface area (Å²) in [5, 5.41) is 14.4. The number of amides is 1. The summed E-state index contributed by atoms with van der Waals surface area (Å²) in [6.45, 7) is 6.95. The third-order valence-corrected chi connectivity index (χ3v) is 6.75. The van der Waals surface area contributed by atoms with Gasteiger partial charge in [-0.05, 0) is 34.4 Å². The van der Waals surface area contributed by atoms with Crippen LogP contribution in [0.2, 0.25) is 0 Å². The molecule has 37 heavy (non-hydrogen) atoms. The van der Waals surface area contributed by atoms with E-state index in [1.807, 2.05) is 48.5 Å². The van der Waals surface area contributed by atoms with Gasteiger partial charge in [0.15, 0.2) is 0 Å². The van der Waals surface area contributed by atoms with Gasteiger partial charge in [-0.1, -0.05) is 68.5 Å². The molecule has 0 fully saturated rings. The standard InChI is InChI=1S/C28H29N7O2/c1-3-5-10-25-29-24-15-16-34(26(36)4-2)18-23(24)28(37)35(25)17-19-11-13-20(14-12-19)21-8-6-7-9-22(21)27-30-32-33-31-27/h4,6-9,11-14H,2-3,5,10,15-18H2,1H3,(H,30,31,32,33). The largest absolute Gasteiger partial charge is 0.334 e. The van der Waals surface area contributed by atoms with E-state index in [1.165, 1.54) is 6.08 Å². The van der Waals surface area contributed by atoms with Crippen molar-refractivity contribution in [2.45, 2.75) is 45.7 Å². The molecule has 0 bridgehead atoms. The molecule has 0 saturated heterocycles. The lowest BCUT2D eigenvalue weighted by Crippen LogP contribution is -2.41. The van der Waals surface area contributed by atoms with Gasteiger partial charge in [0.1, 0.15) is 5.82 Å². The normalized spacial score (nSPS) is 12.8. The lowest BCUT2D eigenvalue weighted by molar-refractivity contribution is -0.126. The zero-order chi connectivity index (χ0) is 25.8.